The number of primary amides is 1. The molecule has 2 amide bonds. The van der Waals surface area contributed by atoms with Gasteiger partial charge in [0.15, 0.2) is 11.5 Å². The van der Waals surface area contributed by atoms with Crippen molar-refractivity contribution in [2.24, 2.45) is 10.8 Å². The number of carbonyl (C=O) groups excluding carboxylic acids is 1. The molecule has 0 saturated carbocycles. The topological polar surface area (TPSA) is 85.9 Å². The van der Waals surface area contributed by atoms with Crippen LogP contribution in [-0.2, 0) is 0 Å². The van der Waals surface area contributed by atoms with Crippen molar-refractivity contribution < 1.29 is 14.3 Å². The lowest BCUT2D eigenvalue weighted by molar-refractivity contribution is 0.249. The van der Waals surface area contributed by atoms with Crippen LogP contribution in [0.3, 0.4) is 0 Å². The first-order valence-electron chi connectivity index (χ1n) is 7.65. The molecule has 0 aliphatic heterocycles. The summed E-state index contributed by atoms with van der Waals surface area (Å²) in [5, 5.41) is 3.72. The maximum Gasteiger partial charge on any atom is 0.332 e. The van der Waals surface area contributed by atoms with Crippen molar-refractivity contribution in [2.75, 3.05) is 13.2 Å². The molecule has 0 aromatic heterocycles. The first kappa shape index (κ1) is 17.8. The van der Waals surface area contributed by atoms with Gasteiger partial charge in [0.2, 0.25) is 0 Å². The van der Waals surface area contributed by atoms with E-state index in [0.29, 0.717) is 19.0 Å². The second-order valence-corrected chi connectivity index (χ2v) is 4.78. The number of carbonyl (C=O) groups is 1. The second-order valence-electron chi connectivity index (χ2n) is 4.78. The molecule has 1 aromatic rings. The van der Waals surface area contributed by atoms with E-state index in [0.717, 1.165) is 17.7 Å². The molecule has 3 N–H and O–H groups in total. The van der Waals surface area contributed by atoms with Gasteiger partial charge in [-0.3, -0.25) is 0 Å². The smallest absolute Gasteiger partial charge is 0.332 e. The molecule has 6 nitrogen and oxygen atoms in total. The van der Waals surface area contributed by atoms with Crippen molar-refractivity contribution in [1.82, 2.24) is 5.43 Å². The molecule has 22 heavy (non-hydrogen) atoms. The third-order valence-electron chi connectivity index (χ3n) is 2.91. The number of hydrogen-bond acceptors (Lipinski definition) is 4. The highest BCUT2D eigenvalue weighted by atomic mass is 16.5. The van der Waals surface area contributed by atoms with Gasteiger partial charge >= 0.3 is 6.03 Å². The number of nitrogens with two attached hydrogens (primary N) is 1. The molecule has 0 radical (unpaired) electrons. The van der Waals surface area contributed by atoms with Crippen LogP contribution in [0.25, 0.3) is 0 Å². The molecule has 0 aliphatic carbocycles. The number of rotatable bonds is 10. The highest BCUT2D eigenvalue weighted by molar-refractivity contribution is 5.82. The Hall–Kier alpha value is -2.24. The molecule has 0 saturated heterocycles. The van der Waals surface area contributed by atoms with Crippen LogP contribution in [0.1, 0.15) is 45.1 Å². The number of nitrogens with zero attached hydrogens (tertiary/aromatic N) is 1. The Kier molecular flexibility index (Phi) is 8.49. The largest absolute Gasteiger partial charge is 0.490 e. The average molecular weight is 307 g/mol. The molecule has 0 bridgehead atoms. The van der Waals surface area contributed by atoms with Gasteiger partial charge in [-0.05, 0) is 37.1 Å². The lowest BCUT2D eigenvalue weighted by Gasteiger charge is -2.12. The van der Waals surface area contributed by atoms with E-state index < -0.39 is 6.03 Å². The zero-order valence-electron chi connectivity index (χ0n) is 13.3. The van der Waals surface area contributed by atoms with Crippen LogP contribution in [0.15, 0.2) is 23.3 Å². The Morgan fingerprint density at radius 1 is 1.23 bits per heavy atom. The van der Waals surface area contributed by atoms with Gasteiger partial charge in [-0.1, -0.05) is 26.2 Å². The fourth-order valence-corrected chi connectivity index (χ4v) is 1.87. The van der Waals surface area contributed by atoms with Crippen LogP contribution >= 0.6 is 0 Å². The van der Waals surface area contributed by atoms with Crippen LogP contribution < -0.4 is 20.6 Å². The van der Waals surface area contributed by atoms with Crippen molar-refractivity contribution in [3.8, 4) is 11.5 Å². The summed E-state index contributed by atoms with van der Waals surface area (Å²) in [6.45, 7) is 5.32. The first-order valence-corrected chi connectivity index (χ1v) is 7.65. The standard InChI is InChI=1S/C16H25N3O3/c1-3-5-6-7-10-22-14-9-8-13(11-15(14)21-4-2)12-18-19-16(17)20/h8-9,11-12H,3-7,10H2,1-2H3,(H3,17,19,20)/b18-12+. The maximum absolute atomic E-state index is 10.6. The van der Waals surface area contributed by atoms with Gasteiger partial charge in [0.05, 0.1) is 19.4 Å². The van der Waals surface area contributed by atoms with Gasteiger partial charge in [0.1, 0.15) is 0 Å². The molecule has 0 heterocycles. The minimum Gasteiger partial charge on any atom is -0.490 e. The quantitative estimate of drug-likeness (QED) is 0.396. The molecule has 6 heteroatoms. The van der Waals surface area contributed by atoms with Gasteiger partial charge in [0.25, 0.3) is 0 Å². The minimum atomic E-state index is -0.701. The molecule has 0 spiro atoms. The van der Waals surface area contributed by atoms with E-state index in [1.54, 1.807) is 0 Å². The van der Waals surface area contributed by atoms with Gasteiger partial charge < -0.3 is 15.2 Å². The van der Waals surface area contributed by atoms with Gasteiger partial charge in [-0.15, -0.1) is 0 Å². The summed E-state index contributed by atoms with van der Waals surface area (Å²) in [6.07, 6.45) is 6.13. The molecular weight excluding hydrogens is 282 g/mol. The van der Waals surface area contributed by atoms with E-state index in [9.17, 15) is 4.79 Å². The zero-order chi connectivity index (χ0) is 16.2. The number of urea groups is 1. The van der Waals surface area contributed by atoms with E-state index in [2.05, 4.69) is 17.5 Å². The Morgan fingerprint density at radius 2 is 2.05 bits per heavy atom. The van der Waals surface area contributed by atoms with Gasteiger partial charge in [0, 0.05) is 0 Å². The maximum atomic E-state index is 10.6. The SMILES string of the molecule is CCCCCCOc1ccc(/C=N/NC(N)=O)cc1OCC. The monoisotopic (exact) mass is 307 g/mol. The molecule has 122 valence electrons. The van der Waals surface area contributed by atoms with Gasteiger partial charge in [-0.2, -0.15) is 5.10 Å². The number of benzene rings is 1. The minimum absolute atomic E-state index is 0.548. The Morgan fingerprint density at radius 3 is 2.73 bits per heavy atom. The Balaban J connectivity index is 2.64. The van der Waals surface area contributed by atoms with Crippen molar-refractivity contribution in [3.63, 3.8) is 0 Å². The second kappa shape index (κ2) is 10.5. The third-order valence-corrected chi connectivity index (χ3v) is 2.91. The Labute approximate surface area is 131 Å². The lowest BCUT2D eigenvalue weighted by atomic mass is 10.2. The summed E-state index contributed by atoms with van der Waals surface area (Å²) in [7, 11) is 0. The van der Waals surface area contributed by atoms with E-state index in [-0.39, 0.29) is 0 Å². The molecule has 0 aliphatic rings. The summed E-state index contributed by atoms with van der Waals surface area (Å²) in [5.74, 6) is 1.39. The third kappa shape index (κ3) is 6.97. The highest BCUT2D eigenvalue weighted by Crippen LogP contribution is 2.28. The van der Waals surface area contributed by atoms with Crippen molar-refractivity contribution in [1.29, 1.82) is 0 Å². The number of hydrogen-bond donors (Lipinski definition) is 2. The van der Waals surface area contributed by atoms with E-state index >= 15 is 0 Å². The summed E-state index contributed by atoms with van der Waals surface area (Å²) in [4.78, 5) is 10.6. The van der Waals surface area contributed by atoms with E-state index in [1.165, 1.54) is 25.5 Å². The Bertz CT molecular complexity index is 490. The number of ether oxygens (including phenoxy) is 2. The van der Waals surface area contributed by atoms with Crippen LogP contribution in [0.4, 0.5) is 4.79 Å². The molecule has 0 fully saturated rings. The summed E-state index contributed by atoms with van der Waals surface area (Å²) >= 11 is 0. The first-order chi connectivity index (χ1) is 10.7. The summed E-state index contributed by atoms with van der Waals surface area (Å²) in [5.41, 5.74) is 7.88. The summed E-state index contributed by atoms with van der Waals surface area (Å²) < 4.78 is 11.4. The molecule has 1 rings (SSSR count). The molecule has 0 unspecified atom stereocenters. The summed E-state index contributed by atoms with van der Waals surface area (Å²) in [6, 6.07) is 4.80. The zero-order valence-corrected chi connectivity index (χ0v) is 13.3. The van der Waals surface area contributed by atoms with E-state index in [1.807, 2.05) is 25.1 Å². The fourth-order valence-electron chi connectivity index (χ4n) is 1.87. The number of hydrazone groups is 1. The molecular formula is C16H25N3O3. The van der Waals surface area contributed by atoms with Crippen LogP contribution in [-0.4, -0.2) is 25.5 Å². The van der Waals surface area contributed by atoms with Crippen molar-refractivity contribution in [2.45, 2.75) is 39.5 Å². The number of nitrogens with one attached hydrogen (secondary N) is 1. The fraction of sp³-hybridized carbons (Fsp3) is 0.500. The van der Waals surface area contributed by atoms with Crippen molar-refractivity contribution in [3.05, 3.63) is 23.8 Å². The van der Waals surface area contributed by atoms with Crippen LogP contribution in [0, 0.1) is 0 Å². The van der Waals surface area contributed by atoms with Gasteiger partial charge in [-0.25, -0.2) is 10.2 Å². The van der Waals surface area contributed by atoms with Crippen LogP contribution in [0.5, 0.6) is 11.5 Å². The lowest BCUT2D eigenvalue weighted by Crippen LogP contribution is -2.24. The predicted octanol–water partition coefficient (Wildman–Crippen LogP) is 3.05. The normalized spacial score (nSPS) is 10.6. The highest BCUT2D eigenvalue weighted by Gasteiger charge is 2.06. The number of unbranched alkanes of at least 4 members (excludes halogenated alkanes) is 3. The van der Waals surface area contributed by atoms with Crippen LogP contribution in [0.2, 0.25) is 0 Å². The molecule has 1 aromatic carbocycles. The average Bonchev–Trinajstić information content (AvgIpc) is 2.49. The van der Waals surface area contributed by atoms with E-state index in [4.69, 9.17) is 15.2 Å². The molecule has 0 atom stereocenters. The van der Waals surface area contributed by atoms with Crippen molar-refractivity contribution >= 4 is 12.2 Å². The predicted molar refractivity (Wildman–Crippen MR) is 87.6 cm³/mol. The number of amides is 2.